The molecule has 0 radical (unpaired) electrons. The zero-order valence-corrected chi connectivity index (χ0v) is 8.03. The van der Waals surface area contributed by atoms with Crippen molar-refractivity contribution < 1.29 is 0 Å². The van der Waals surface area contributed by atoms with Gasteiger partial charge in [-0.3, -0.25) is 5.41 Å². The van der Waals surface area contributed by atoms with Gasteiger partial charge in [-0.25, -0.2) is 0 Å². The van der Waals surface area contributed by atoms with E-state index in [2.05, 4.69) is 5.32 Å². The molecule has 0 rings (SSSR count). The molecule has 0 aliphatic rings. The molecular weight excluding hydrogens is 150 g/mol. The zero-order valence-electron chi connectivity index (χ0n) is 8.03. The Labute approximate surface area is 75.2 Å². The van der Waals surface area contributed by atoms with Crippen molar-refractivity contribution in [2.75, 3.05) is 13.1 Å². The lowest BCUT2D eigenvalue weighted by molar-refractivity contribution is 0.611. The van der Waals surface area contributed by atoms with Crippen molar-refractivity contribution in [1.82, 2.24) is 5.32 Å². The lowest BCUT2D eigenvalue weighted by Gasteiger charge is -2.02. The van der Waals surface area contributed by atoms with Gasteiger partial charge in [0.15, 0.2) is 0 Å². The van der Waals surface area contributed by atoms with Crippen LogP contribution in [0.15, 0.2) is 0 Å². The average molecular weight is 171 g/mol. The predicted octanol–water partition coefficient (Wildman–Crippen LogP) is 1.48. The predicted molar refractivity (Wildman–Crippen MR) is 53.5 cm³/mol. The summed E-state index contributed by atoms with van der Waals surface area (Å²) < 4.78 is 0. The summed E-state index contributed by atoms with van der Waals surface area (Å²) >= 11 is 0. The first-order chi connectivity index (χ1) is 5.77. The number of nitrogens with one attached hydrogen (secondary N) is 2. The van der Waals surface area contributed by atoms with E-state index in [1.165, 1.54) is 25.7 Å². The zero-order chi connectivity index (χ0) is 9.23. The summed E-state index contributed by atoms with van der Waals surface area (Å²) in [6.07, 6.45) is 6.09. The van der Waals surface area contributed by atoms with E-state index in [-0.39, 0.29) is 0 Å². The quantitative estimate of drug-likeness (QED) is 0.309. The van der Waals surface area contributed by atoms with Crippen LogP contribution < -0.4 is 11.1 Å². The maximum atomic E-state index is 7.11. The van der Waals surface area contributed by atoms with Crippen LogP contribution in [0.25, 0.3) is 0 Å². The Morgan fingerprint density at radius 3 is 2.33 bits per heavy atom. The largest absolute Gasteiger partial charge is 0.374 e. The summed E-state index contributed by atoms with van der Waals surface area (Å²) in [6, 6.07) is 0. The van der Waals surface area contributed by atoms with Gasteiger partial charge in [-0.2, -0.15) is 0 Å². The van der Waals surface area contributed by atoms with Gasteiger partial charge in [-0.1, -0.05) is 19.3 Å². The van der Waals surface area contributed by atoms with Crippen molar-refractivity contribution >= 4 is 5.84 Å². The topological polar surface area (TPSA) is 61.9 Å². The van der Waals surface area contributed by atoms with E-state index >= 15 is 0 Å². The van der Waals surface area contributed by atoms with Gasteiger partial charge in [0, 0.05) is 6.54 Å². The number of rotatable bonds is 7. The fourth-order valence-electron chi connectivity index (χ4n) is 1.08. The molecule has 0 saturated heterocycles. The molecule has 0 aliphatic heterocycles. The average Bonchev–Trinajstić information content (AvgIpc) is 2.02. The second-order valence-electron chi connectivity index (χ2n) is 3.11. The van der Waals surface area contributed by atoms with Gasteiger partial charge in [0.2, 0.25) is 0 Å². The second-order valence-corrected chi connectivity index (χ2v) is 3.11. The van der Waals surface area contributed by atoms with Crippen LogP contribution in [0.1, 0.15) is 39.0 Å². The molecule has 3 nitrogen and oxygen atoms in total. The number of hydrogen-bond acceptors (Lipinski definition) is 2. The second kappa shape index (κ2) is 8.53. The minimum absolute atomic E-state index is 0.567. The maximum Gasteiger partial charge on any atom is 0.0899 e. The molecular formula is C9H21N3. The molecule has 0 bridgehead atoms. The Bertz CT molecular complexity index is 112. The first-order valence-electron chi connectivity index (χ1n) is 4.76. The van der Waals surface area contributed by atoms with Crippen molar-refractivity contribution in [3.8, 4) is 0 Å². The molecule has 4 N–H and O–H groups in total. The Morgan fingerprint density at radius 1 is 1.17 bits per heavy atom. The van der Waals surface area contributed by atoms with Gasteiger partial charge in [0.05, 0.1) is 5.84 Å². The van der Waals surface area contributed by atoms with E-state index in [4.69, 9.17) is 11.1 Å². The van der Waals surface area contributed by atoms with Crippen LogP contribution in [0.2, 0.25) is 0 Å². The van der Waals surface area contributed by atoms with Gasteiger partial charge >= 0.3 is 0 Å². The smallest absolute Gasteiger partial charge is 0.0899 e. The third kappa shape index (κ3) is 9.43. The SMILES string of the molecule is CC(=N)NCCCCCCCN. The lowest BCUT2D eigenvalue weighted by Crippen LogP contribution is -2.20. The summed E-state index contributed by atoms with van der Waals surface area (Å²) in [6.45, 7) is 3.53. The molecule has 0 spiro atoms. The number of hydrogen-bond donors (Lipinski definition) is 3. The maximum absolute atomic E-state index is 7.11. The molecule has 72 valence electrons. The summed E-state index contributed by atoms with van der Waals surface area (Å²) in [7, 11) is 0. The number of nitrogens with two attached hydrogens (primary N) is 1. The van der Waals surface area contributed by atoms with Crippen LogP contribution in [-0.4, -0.2) is 18.9 Å². The Balaban J connectivity index is 2.86. The van der Waals surface area contributed by atoms with Crippen LogP contribution in [0.5, 0.6) is 0 Å². The van der Waals surface area contributed by atoms with Crippen LogP contribution in [0.3, 0.4) is 0 Å². The summed E-state index contributed by atoms with van der Waals surface area (Å²) in [5, 5.41) is 10.1. The van der Waals surface area contributed by atoms with E-state index in [1.54, 1.807) is 6.92 Å². The van der Waals surface area contributed by atoms with Crippen LogP contribution in [0, 0.1) is 5.41 Å². The fraction of sp³-hybridized carbons (Fsp3) is 0.889. The van der Waals surface area contributed by atoms with Crippen molar-refractivity contribution in [1.29, 1.82) is 5.41 Å². The highest BCUT2D eigenvalue weighted by atomic mass is 14.9. The van der Waals surface area contributed by atoms with Crippen molar-refractivity contribution in [3.63, 3.8) is 0 Å². The highest BCUT2D eigenvalue weighted by molar-refractivity contribution is 5.75. The van der Waals surface area contributed by atoms with Crippen molar-refractivity contribution in [2.45, 2.75) is 39.0 Å². The summed E-state index contributed by atoms with van der Waals surface area (Å²) in [5.74, 6) is 0.567. The fourth-order valence-corrected chi connectivity index (χ4v) is 1.08. The molecule has 0 atom stereocenters. The molecule has 0 aromatic carbocycles. The van der Waals surface area contributed by atoms with Crippen LogP contribution in [-0.2, 0) is 0 Å². The molecule has 0 aliphatic carbocycles. The first-order valence-corrected chi connectivity index (χ1v) is 4.76. The van der Waals surface area contributed by atoms with E-state index < -0.39 is 0 Å². The minimum Gasteiger partial charge on any atom is -0.374 e. The van der Waals surface area contributed by atoms with E-state index in [9.17, 15) is 0 Å². The van der Waals surface area contributed by atoms with Gasteiger partial charge in [-0.15, -0.1) is 0 Å². The van der Waals surface area contributed by atoms with Crippen LogP contribution >= 0.6 is 0 Å². The molecule has 0 aromatic rings. The standard InChI is InChI=1S/C9H21N3/c1-9(11)12-8-6-4-2-3-5-7-10/h2-8,10H2,1H3,(H2,11,12). The molecule has 0 unspecified atom stereocenters. The Kier molecular flexibility index (Phi) is 8.12. The third-order valence-electron chi connectivity index (χ3n) is 1.77. The summed E-state index contributed by atoms with van der Waals surface area (Å²) in [4.78, 5) is 0. The Hall–Kier alpha value is -0.570. The van der Waals surface area contributed by atoms with E-state index in [0.29, 0.717) is 5.84 Å². The van der Waals surface area contributed by atoms with Gasteiger partial charge in [0.25, 0.3) is 0 Å². The molecule has 0 heterocycles. The number of unbranched alkanes of at least 4 members (excludes halogenated alkanes) is 4. The monoisotopic (exact) mass is 171 g/mol. The highest BCUT2D eigenvalue weighted by Gasteiger charge is 1.89. The molecule has 12 heavy (non-hydrogen) atoms. The van der Waals surface area contributed by atoms with E-state index in [0.717, 1.165) is 19.5 Å². The lowest BCUT2D eigenvalue weighted by atomic mass is 10.1. The van der Waals surface area contributed by atoms with Gasteiger partial charge in [0.1, 0.15) is 0 Å². The summed E-state index contributed by atoms with van der Waals surface area (Å²) in [5.41, 5.74) is 5.37. The first kappa shape index (κ1) is 11.4. The minimum atomic E-state index is 0.567. The normalized spacial score (nSPS) is 9.83. The molecule has 0 fully saturated rings. The highest BCUT2D eigenvalue weighted by Crippen LogP contribution is 2.00. The molecule has 0 aromatic heterocycles. The molecule has 0 amide bonds. The number of amidine groups is 1. The van der Waals surface area contributed by atoms with Gasteiger partial charge in [-0.05, 0) is 26.3 Å². The van der Waals surface area contributed by atoms with Crippen molar-refractivity contribution in [2.24, 2.45) is 5.73 Å². The van der Waals surface area contributed by atoms with Crippen molar-refractivity contribution in [3.05, 3.63) is 0 Å². The van der Waals surface area contributed by atoms with E-state index in [1.807, 2.05) is 0 Å². The third-order valence-corrected chi connectivity index (χ3v) is 1.77. The Morgan fingerprint density at radius 2 is 1.75 bits per heavy atom. The van der Waals surface area contributed by atoms with Crippen LogP contribution in [0.4, 0.5) is 0 Å². The van der Waals surface area contributed by atoms with Gasteiger partial charge < -0.3 is 11.1 Å². The molecule has 0 saturated carbocycles. The molecule has 3 heteroatoms.